The minimum Gasteiger partial charge on any atom is -0.348 e. The van der Waals surface area contributed by atoms with Crippen molar-refractivity contribution in [3.05, 3.63) is 105 Å². The van der Waals surface area contributed by atoms with Crippen molar-refractivity contribution in [2.75, 3.05) is 0 Å². The summed E-state index contributed by atoms with van der Waals surface area (Å²) in [7, 11) is 0. The quantitative estimate of drug-likeness (QED) is 0.0867. The zero-order chi connectivity index (χ0) is 33.0. The van der Waals surface area contributed by atoms with Crippen LogP contribution in [-0.4, -0.2) is 17.7 Å². The average Bonchev–Trinajstić information content (AvgIpc) is 3.00. The fourth-order valence-corrected chi connectivity index (χ4v) is 6.49. The van der Waals surface area contributed by atoms with Gasteiger partial charge in [-0.3, -0.25) is 14.4 Å². The first-order valence-corrected chi connectivity index (χ1v) is 16.5. The Bertz CT molecular complexity index is 1600. The number of hydrogen-bond acceptors (Lipinski definition) is 9. The largest absolute Gasteiger partial charge is 0.348 e. The predicted octanol–water partition coefficient (Wildman–Crippen LogP) is 7.13. The summed E-state index contributed by atoms with van der Waals surface area (Å²) in [6.07, 6.45) is 0. The lowest BCUT2D eigenvalue weighted by molar-refractivity contribution is 0.0940. The molecule has 0 aliphatic rings. The third-order valence-electron chi connectivity index (χ3n) is 7.77. The molecule has 4 aromatic carbocycles. The number of amides is 3. The molecule has 4 rings (SSSR count). The first kappa shape index (κ1) is 35.2. The highest BCUT2D eigenvalue weighted by atomic mass is 32.1. The number of rotatable bonds is 9. The van der Waals surface area contributed by atoms with Crippen LogP contribution in [-0.2, 0) is 19.6 Å². The maximum Gasteiger partial charge on any atom is 0.252 e. The van der Waals surface area contributed by atoms with E-state index in [0.717, 1.165) is 33.4 Å². The van der Waals surface area contributed by atoms with E-state index in [9.17, 15) is 14.4 Å². The average molecular weight is 712 g/mol. The molecule has 0 saturated heterocycles. The lowest BCUT2D eigenvalue weighted by atomic mass is 9.87. The normalized spacial score (nSPS) is 10.9. The molecule has 0 fully saturated rings. The lowest BCUT2D eigenvalue weighted by Crippen LogP contribution is -2.29. The maximum atomic E-state index is 13.2. The second-order valence-corrected chi connectivity index (χ2v) is 13.2. The Morgan fingerprint density at radius 1 is 0.467 bits per heavy atom. The fraction of sp³-hybridized carbons (Fsp3) is 0.182. The van der Waals surface area contributed by atoms with Gasteiger partial charge in [-0.1, -0.05) is 18.2 Å². The molecule has 0 radical (unpaired) electrons. The van der Waals surface area contributed by atoms with Crippen LogP contribution in [0.2, 0.25) is 0 Å². The van der Waals surface area contributed by atoms with Crippen LogP contribution in [0, 0.1) is 20.8 Å². The minimum absolute atomic E-state index is 0.216. The van der Waals surface area contributed by atoms with Gasteiger partial charge in [-0.15, -0.1) is 75.8 Å². The van der Waals surface area contributed by atoms with Gasteiger partial charge >= 0.3 is 0 Å². The molecule has 3 amide bonds. The first-order valence-electron chi connectivity index (χ1n) is 13.8. The number of thiol groups is 6. The molecule has 45 heavy (non-hydrogen) atoms. The third-order valence-corrected chi connectivity index (χ3v) is 10.9. The van der Waals surface area contributed by atoms with Crippen LogP contribution in [0.15, 0.2) is 84.0 Å². The molecule has 0 heterocycles. The molecule has 0 atom stereocenters. The third kappa shape index (κ3) is 7.86. The van der Waals surface area contributed by atoms with Crippen LogP contribution < -0.4 is 16.0 Å². The van der Waals surface area contributed by atoms with E-state index >= 15 is 0 Å². The molecule has 234 valence electrons. The van der Waals surface area contributed by atoms with E-state index in [2.05, 4.69) is 91.7 Å². The number of nitrogens with one attached hydrogen (secondary N) is 3. The summed E-state index contributed by atoms with van der Waals surface area (Å²) in [5, 5.41) is 9.04. The molecular formula is C33H33N3O3S6. The predicted molar refractivity (Wildman–Crippen MR) is 197 cm³/mol. The Balaban J connectivity index is 1.68. The van der Waals surface area contributed by atoms with Crippen molar-refractivity contribution < 1.29 is 14.4 Å². The standard InChI is InChI=1S/C33H33N3O3S6/c1-16-22(13-34-31(37)19-7-4-10-25(40)28(19)43)17(2)24(15-36-33(39)21-9-6-12-27(42)30(21)45)18(3)23(16)14-35-32(38)20-8-5-11-26(41)29(20)44/h4-12,40-45H,13-15H2,1-3H3,(H,34,37)(H,35,38)(H,36,39). The monoisotopic (exact) mass is 711 g/mol. The van der Waals surface area contributed by atoms with Gasteiger partial charge in [0.1, 0.15) is 0 Å². The maximum absolute atomic E-state index is 13.2. The van der Waals surface area contributed by atoms with Crippen LogP contribution in [0.3, 0.4) is 0 Å². The molecule has 12 heteroatoms. The molecule has 0 spiro atoms. The highest BCUT2D eigenvalue weighted by Crippen LogP contribution is 2.30. The number of benzene rings is 4. The Hall–Kier alpha value is -2.61. The van der Waals surface area contributed by atoms with Gasteiger partial charge < -0.3 is 16.0 Å². The molecule has 0 saturated carbocycles. The van der Waals surface area contributed by atoms with E-state index in [4.69, 9.17) is 0 Å². The summed E-state index contributed by atoms with van der Waals surface area (Å²) >= 11 is 26.5. The number of carbonyl (C=O) groups is 3. The highest BCUT2D eigenvalue weighted by molar-refractivity contribution is 7.84. The van der Waals surface area contributed by atoms with Gasteiger partial charge in [0.25, 0.3) is 17.7 Å². The summed E-state index contributed by atoms with van der Waals surface area (Å²) < 4.78 is 0. The van der Waals surface area contributed by atoms with Gasteiger partial charge in [-0.25, -0.2) is 0 Å². The summed E-state index contributed by atoms with van der Waals surface area (Å²) in [6, 6.07) is 15.6. The molecule has 0 aromatic heterocycles. The molecule has 6 nitrogen and oxygen atoms in total. The van der Waals surface area contributed by atoms with Gasteiger partial charge in [0.15, 0.2) is 0 Å². The lowest BCUT2D eigenvalue weighted by Gasteiger charge is -2.24. The van der Waals surface area contributed by atoms with Crippen LogP contribution in [0.25, 0.3) is 0 Å². The first-order chi connectivity index (χ1) is 21.3. The molecule has 0 aliphatic carbocycles. The summed E-state index contributed by atoms with van der Waals surface area (Å²) in [5.41, 5.74) is 6.64. The van der Waals surface area contributed by atoms with Crippen LogP contribution in [0.1, 0.15) is 64.5 Å². The molecule has 4 aromatic rings. The second kappa shape index (κ2) is 15.3. The van der Waals surface area contributed by atoms with Gasteiger partial charge in [-0.05, 0) is 90.6 Å². The van der Waals surface area contributed by atoms with E-state index in [0.29, 0.717) is 46.1 Å². The Kier molecular flexibility index (Phi) is 12.0. The Morgan fingerprint density at radius 2 is 0.711 bits per heavy atom. The molecular weight excluding hydrogens is 679 g/mol. The van der Waals surface area contributed by atoms with Crippen LogP contribution in [0.4, 0.5) is 0 Å². The molecule has 3 N–H and O–H groups in total. The van der Waals surface area contributed by atoms with E-state index < -0.39 is 0 Å². The summed E-state index contributed by atoms with van der Waals surface area (Å²) in [4.78, 5) is 42.8. The zero-order valence-electron chi connectivity index (χ0n) is 24.7. The summed E-state index contributed by atoms with van der Waals surface area (Å²) in [6.45, 7) is 6.55. The molecule has 0 bridgehead atoms. The molecule has 0 unspecified atom stereocenters. The van der Waals surface area contributed by atoms with E-state index in [1.54, 1.807) is 54.6 Å². The van der Waals surface area contributed by atoms with Crippen molar-refractivity contribution in [3.63, 3.8) is 0 Å². The smallest absolute Gasteiger partial charge is 0.252 e. The number of hydrogen-bond donors (Lipinski definition) is 9. The second-order valence-electron chi connectivity index (χ2n) is 10.4. The van der Waals surface area contributed by atoms with E-state index in [-0.39, 0.29) is 37.4 Å². The Labute approximate surface area is 296 Å². The fourth-order valence-electron chi connectivity index (χ4n) is 5.12. The van der Waals surface area contributed by atoms with Gasteiger partial charge in [-0.2, -0.15) is 0 Å². The van der Waals surface area contributed by atoms with Crippen molar-refractivity contribution >= 4 is 93.5 Å². The topological polar surface area (TPSA) is 87.3 Å². The van der Waals surface area contributed by atoms with Crippen LogP contribution in [0.5, 0.6) is 0 Å². The van der Waals surface area contributed by atoms with E-state index in [1.807, 2.05) is 20.8 Å². The SMILES string of the molecule is Cc1c(CNC(=O)c2cccc(S)c2S)c(C)c(CNC(=O)c2cccc(S)c2S)c(C)c1CNC(=O)c1cccc(S)c1S. The van der Waals surface area contributed by atoms with Gasteiger partial charge in [0, 0.05) is 49.0 Å². The van der Waals surface area contributed by atoms with Crippen molar-refractivity contribution in [3.8, 4) is 0 Å². The van der Waals surface area contributed by atoms with Crippen LogP contribution >= 0.6 is 75.8 Å². The van der Waals surface area contributed by atoms with Crippen molar-refractivity contribution in [2.45, 2.75) is 69.8 Å². The molecule has 0 aliphatic heterocycles. The zero-order valence-corrected chi connectivity index (χ0v) is 30.1. The van der Waals surface area contributed by atoms with Crippen molar-refractivity contribution in [1.82, 2.24) is 16.0 Å². The van der Waals surface area contributed by atoms with Crippen molar-refractivity contribution in [2.24, 2.45) is 0 Å². The van der Waals surface area contributed by atoms with Gasteiger partial charge in [0.05, 0.1) is 16.7 Å². The highest BCUT2D eigenvalue weighted by Gasteiger charge is 2.21. The van der Waals surface area contributed by atoms with E-state index in [1.165, 1.54) is 0 Å². The number of carbonyl (C=O) groups excluding carboxylic acids is 3. The van der Waals surface area contributed by atoms with Gasteiger partial charge in [0.2, 0.25) is 0 Å². The minimum atomic E-state index is -0.291. The summed E-state index contributed by atoms with van der Waals surface area (Å²) in [5.74, 6) is -0.873. The van der Waals surface area contributed by atoms with Crippen molar-refractivity contribution in [1.29, 1.82) is 0 Å². The Morgan fingerprint density at radius 3 is 0.956 bits per heavy atom.